The Morgan fingerprint density at radius 1 is 1.12 bits per heavy atom. The quantitative estimate of drug-likeness (QED) is 0.495. The summed E-state index contributed by atoms with van der Waals surface area (Å²) in [6, 6.07) is 10.3. The maximum atomic E-state index is 5.60. The predicted octanol–water partition coefficient (Wildman–Crippen LogP) is 3.15. The van der Waals surface area contributed by atoms with Crippen LogP contribution in [-0.2, 0) is 11.3 Å². The van der Waals surface area contributed by atoms with E-state index in [1.165, 1.54) is 12.0 Å². The molecule has 1 N–H and O–H groups in total. The van der Waals surface area contributed by atoms with E-state index in [9.17, 15) is 0 Å². The average Bonchev–Trinajstić information content (AvgIpc) is 2.38. The normalized spacial score (nSPS) is 10.4. The number of rotatable bonds is 10. The lowest BCUT2D eigenvalue weighted by atomic mass is 10.2. The molecule has 0 aliphatic rings. The molecule has 17 heavy (non-hydrogen) atoms. The third-order valence-corrected chi connectivity index (χ3v) is 2.53. The highest BCUT2D eigenvalue weighted by molar-refractivity contribution is 5.13. The molecule has 1 aromatic carbocycles. The van der Waals surface area contributed by atoms with Gasteiger partial charge in [0.25, 0.3) is 0 Å². The van der Waals surface area contributed by atoms with Gasteiger partial charge in [-0.1, -0.05) is 36.4 Å². The van der Waals surface area contributed by atoms with Crippen LogP contribution >= 0.6 is 0 Å². The van der Waals surface area contributed by atoms with Crippen LogP contribution < -0.4 is 5.32 Å². The van der Waals surface area contributed by atoms with Gasteiger partial charge in [-0.3, -0.25) is 0 Å². The zero-order chi connectivity index (χ0) is 12.2. The molecule has 0 radical (unpaired) electrons. The van der Waals surface area contributed by atoms with E-state index in [2.05, 4.69) is 24.0 Å². The largest absolute Gasteiger partial charge is 0.377 e. The van der Waals surface area contributed by atoms with Gasteiger partial charge in [0, 0.05) is 6.61 Å². The van der Waals surface area contributed by atoms with Crippen LogP contribution in [0.1, 0.15) is 24.8 Å². The first-order valence-electron chi connectivity index (χ1n) is 6.37. The third-order valence-electron chi connectivity index (χ3n) is 2.53. The standard InChI is InChI=1S/C15H23NO/c1-2-3-11-16-12-7-8-13-17-14-15-9-5-4-6-10-15/h2,4-6,9-10,16H,1,3,7-8,11-14H2. The Balaban J connectivity index is 1.86. The Bertz CT molecular complexity index is 284. The van der Waals surface area contributed by atoms with Crippen molar-refractivity contribution in [1.29, 1.82) is 0 Å². The maximum Gasteiger partial charge on any atom is 0.0716 e. The molecule has 0 saturated carbocycles. The fourth-order valence-electron chi connectivity index (χ4n) is 1.55. The second kappa shape index (κ2) is 10.1. The summed E-state index contributed by atoms with van der Waals surface area (Å²) in [5.41, 5.74) is 1.25. The van der Waals surface area contributed by atoms with Crippen molar-refractivity contribution in [2.75, 3.05) is 19.7 Å². The molecule has 0 spiro atoms. The first-order valence-corrected chi connectivity index (χ1v) is 6.37. The molecule has 2 heteroatoms. The van der Waals surface area contributed by atoms with Crippen LogP contribution in [0.25, 0.3) is 0 Å². The van der Waals surface area contributed by atoms with Crippen molar-refractivity contribution >= 4 is 0 Å². The number of nitrogens with one attached hydrogen (secondary N) is 1. The summed E-state index contributed by atoms with van der Waals surface area (Å²) in [6.45, 7) is 7.37. The summed E-state index contributed by atoms with van der Waals surface area (Å²) in [6.07, 6.45) is 5.28. The van der Waals surface area contributed by atoms with E-state index < -0.39 is 0 Å². The Morgan fingerprint density at radius 2 is 1.94 bits per heavy atom. The first kappa shape index (κ1) is 13.9. The Morgan fingerprint density at radius 3 is 2.71 bits per heavy atom. The molecule has 0 aliphatic carbocycles. The summed E-state index contributed by atoms with van der Waals surface area (Å²) in [7, 11) is 0. The molecule has 2 nitrogen and oxygen atoms in total. The maximum absolute atomic E-state index is 5.60. The summed E-state index contributed by atoms with van der Waals surface area (Å²) in [5, 5.41) is 3.37. The Labute approximate surface area is 105 Å². The molecule has 0 aromatic heterocycles. The fraction of sp³-hybridized carbons (Fsp3) is 0.467. The monoisotopic (exact) mass is 233 g/mol. The second-order valence-electron chi connectivity index (χ2n) is 4.07. The van der Waals surface area contributed by atoms with Gasteiger partial charge >= 0.3 is 0 Å². The topological polar surface area (TPSA) is 21.3 Å². The number of hydrogen-bond acceptors (Lipinski definition) is 2. The Kier molecular flexibility index (Phi) is 8.25. The van der Waals surface area contributed by atoms with Gasteiger partial charge in [-0.15, -0.1) is 6.58 Å². The van der Waals surface area contributed by atoms with Crippen molar-refractivity contribution in [2.24, 2.45) is 0 Å². The van der Waals surface area contributed by atoms with E-state index in [-0.39, 0.29) is 0 Å². The minimum Gasteiger partial charge on any atom is -0.377 e. The molecule has 0 amide bonds. The van der Waals surface area contributed by atoms with Crippen molar-refractivity contribution < 1.29 is 4.74 Å². The van der Waals surface area contributed by atoms with Gasteiger partial charge in [0.2, 0.25) is 0 Å². The summed E-state index contributed by atoms with van der Waals surface area (Å²) in [5.74, 6) is 0. The molecule has 0 atom stereocenters. The van der Waals surface area contributed by atoms with E-state index in [1.807, 2.05) is 24.3 Å². The van der Waals surface area contributed by atoms with Gasteiger partial charge in [0.1, 0.15) is 0 Å². The second-order valence-corrected chi connectivity index (χ2v) is 4.07. The number of ether oxygens (including phenoxy) is 1. The number of unbranched alkanes of at least 4 members (excludes halogenated alkanes) is 1. The van der Waals surface area contributed by atoms with Crippen LogP contribution in [0, 0.1) is 0 Å². The minimum absolute atomic E-state index is 0.727. The third kappa shape index (κ3) is 7.72. The van der Waals surface area contributed by atoms with Crippen molar-refractivity contribution in [3.63, 3.8) is 0 Å². The van der Waals surface area contributed by atoms with Gasteiger partial charge in [-0.2, -0.15) is 0 Å². The summed E-state index contributed by atoms with van der Waals surface area (Å²) in [4.78, 5) is 0. The van der Waals surface area contributed by atoms with Crippen LogP contribution in [-0.4, -0.2) is 19.7 Å². The van der Waals surface area contributed by atoms with E-state index >= 15 is 0 Å². The van der Waals surface area contributed by atoms with E-state index in [1.54, 1.807) is 0 Å². The summed E-state index contributed by atoms with van der Waals surface area (Å²) >= 11 is 0. The highest BCUT2D eigenvalue weighted by Crippen LogP contribution is 2.01. The predicted molar refractivity (Wildman–Crippen MR) is 73.0 cm³/mol. The van der Waals surface area contributed by atoms with Crippen molar-refractivity contribution in [3.8, 4) is 0 Å². The highest BCUT2D eigenvalue weighted by atomic mass is 16.5. The Hall–Kier alpha value is -1.12. The molecule has 1 rings (SSSR count). The van der Waals surface area contributed by atoms with Gasteiger partial charge in [-0.05, 0) is 37.9 Å². The molecular formula is C15H23NO. The van der Waals surface area contributed by atoms with Gasteiger partial charge in [-0.25, -0.2) is 0 Å². The SMILES string of the molecule is C=CCCNCCCCOCc1ccccc1. The van der Waals surface area contributed by atoms with E-state index in [0.717, 1.165) is 39.1 Å². The molecule has 94 valence electrons. The van der Waals surface area contributed by atoms with Gasteiger partial charge in [0.15, 0.2) is 0 Å². The molecule has 0 bridgehead atoms. The van der Waals surface area contributed by atoms with Crippen LogP contribution in [0.3, 0.4) is 0 Å². The van der Waals surface area contributed by atoms with Crippen LogP contribution in [0.15, 0.2) is 43.0 Å². The lowest BCUT2D eigenvalue weighted by molar-refractivity contribution is 0.117. The van der Waals surface area contributed by atoms with E-state index in [0.29, 0.717) is 0 Å². The molecule has 0 saturated heterocycles. The molecule has 0 fully saturated rings. The smallest absolute Gasteiger partial charge is 0.0716 e. The highest BCUT2D eigenvalue weighted by Gasteiger charge is 1.92. The van der Waals surface area contributed by atoms with Crippen LogP contribution in [0.4, 0.5) is 0 Å². The van der Waals surface area contributed by atoms with Crippen LogP contribution in [0.5, 0.6) is 0 Å². The first-order chi connectivity index (χ1) is 8.43. The van der Waals surface area contributed by atoms with Crippen molar-refractivity contribution in [1.82, 2.24) is 5.32 Å². The van der Waals surface area contributed by atoms with Gasteiger partial charge < -0.3 is 10.1 Å². The van der Waals surface area contributed by atoms with E-state index in [4.69, 9.17) is 4.74 Å². The lowest BCUT2D eigenvalue weighted by Crippen LogP contribution is -2.16. The molecule has 0 heterocycles. The summed E-state index contributed by atoms with van der Waals surface area (Å²) < 4.78 is 5.60. The number of hydrogen-bond donors (Lipinski definition) is 1. The molecule has 0 aliphatic heterocycles. The van der Waals surface area contributed by atoms with Gasteiger partial charge in [0.05, 0.1) is 6.61 Å². The van der Waals surface area contributed by atoms with Crippen LogP contribution in [0.2, 0.25) is 0 Å². The van der Waals surface area contributed by atoms with Crippen molar-refractivity contribution in [2.45, 2.75) is 25.9 Å². The molecule has 0 unspecified atom stereocenters. The van der Waals surface area contributed by atoms with Crippen molar-refractivity contribution in [3.05, 3.63) is 48.6 Å². The zero-order valence-electron chi connectivity index (χ0n) is 10.5. The molecular weight excluding hydrogens is 210 g/mol. The minimum atomic E-state index is 0.727. The number of benzene rings is 1. The zero-order valence-corrected chi connectivity index (χ0v) is 10.5. The lowest BCUT2D eigenvalue weighted by Gasteiger charge is -2.05. The fourth-order valence-corrected chi connectivity index (χ4v) is 1.55. The molecule has 1 aromatic rings. The average molecular weight is 233 g/mol.